The predicted molar refractivity (Wildman–Crippen MR) is 110 cm³/mol. The van der Waals surface area contributed by atoms with Gasteiger partial charge in [0.1, 0.15) is 12.7 Å². The van der Waals surface area contributed by atoms with Gasteiger partial charge in [-0.25, -0.2) is 4.98 Å². The van der Waals surface area contributed by atoms with E-state index in [-0.39, 0.29) is 6.61 Å². The lowest BCUT2D eigenvalue weighted by Crippen LogP contribution is -2.40. The summed E-state index contributed by atoms with van der Waals surface area (Å²) in [6.45, 7) is 7.71. The van der Waals surface area contributed by atoms with Gasteiger partial charge in [-0.05, 0) is 12.1 Å². The Labute approximate surface area is 179 Å². The summed E-state index contributed by atoms with van der Waals surface area (Å²) in [5.74, 6) is -1.22. The molecule has 1 aromatic carbocycles. The second-order valence-electron chi connectivity index (χ2n) is 6.98. The summed E-state index contributed by atoms with van der Waals surface area (Å²) in [6, 6.07) is 7.37. The van der Waals surface area contributed by atoms with Gasteiger partial charge in [0, 0.05) is 27.3 Å². The number of benzene rings is 1. The number of carbonyl (C=O) groups is 3. The van der Waals surface area contributed by atoms with E-state index in [9.17, 15) is 14.4 Å². The zero-order valence-electron chi connectivity index (χ0n) is 17.6. The molecule has 0 radical (unpaired) electrons. The normalized spacial score (nSPS) is 22.7. The molecule has 0 amide bonds. The Kier molecular flexibility index (Phi) is 6.91. The van der Waals surface area contributed by atoms with Crippen molar-refractivity contribution in [3.63, 3.8) is 0 Å². The Hall–Kier alpha value is -3.40. The van der Waals surface area contributed by atoms with Crippen molar-refractivity contribution in [2.75, 3.05) is 18.5 Å². The van der Waals surface area contributed by atoms with Crippen LogP contribution < -0.4 is 5.32 Å². The van der Waals surface area contributed by atoms with Crippen LogP contribution in [0.15, 0.2) is 36.9 Å². The van der Waals surface area contributed by atoms with Crippen LogP contribution in [-0.4, -0.2) is 58.9 Å². The minimum absolute atomic E-state index is 0.177. The lowest BCUT2D eigenvalue weighted by Gasteiger charge is -2.25. The largest absolute Gasteiger partial charge is 0.463 e. The van der Waals surface area contributed by atoms with Crippen LogP contribution in [0.5, 0.6) is 0 Å². The number of fused-ring (bicyclic) bond motifs is 1. The number of nitrogens with one attached hydrogen (secondary N) is 1. The topological polar surface area (TPSA) is 118 Å². The molecule has 31 heavy (non-hydrogen) atoms. The SMILES string of the molecule is C=CCNc1nc2ccccc2n1[C@H]1O[C@@H](COC(C)=O)[C@H](OC(C)=O)[C@@H]1OC(C)=O. The first-order valence-electron chi connectivity index (χ1n) is 9.76. The van der Waals surface area contributed by atoms with Crippen molar-refractivity contribution >= 4 is 34.9 Å². The minimum Gasteiger partial charge on any atom is -0.463 e. The highest BCUT2D eigenvalue weighted by atomic mass is 16.7. The monoisotopic (exact) mass is 431 g/mol. The summed E-state index contributed by atoms with van der Waals surface area (Å²) in [4.78, 5) is 39.6. The minimum atomic E-state index is -0.996. The van der Waals surface area contributed by atoms with Crippen LogP contribution in [0.3, 0.4) is 0 Å². The van der Waals surface area contributed by atoms with Gasteiger partial charge in [-0.2, -0.15) is 0 Å². The molecule has 1 N–H and O–H groups in total. The van der Waals surface area contributed by atoms with Gasteiger partial charge in [-0.15, -0.1) is 6.58 Å². The van der Waals surface area contributed by atoms with Crippen molar-refractivity contribution in [1.82, 2.24) is 9.55 Å². The Morgan fingerprint density at radius 3 is 2.45 bits per heavy atom. The van der Waals surface area contributed by atoms with Crippen molar-refractivity contribution in [2.45, 2.75) is 45.3 Å². The van der Waals surface area contributed by atoms with Crippen LogP contribution in [-0.2, 0) is 33.3 Å². The number of para-hydroxylation sites is 2. The molecule has 0 saturated carbocycles. The summed E-state index contributed by atoms with van der Waals surface area (Å²) in [6.07, 6.45) is -2.06. The highest BCUT2D eigenvalue weighted by molar-refractivity contribution is 5.79. The first-order valence-corrected chi connectivity index (χ1v) is 9.76. The Bertz CT molecular complexity index is 987. The maximum atomic E-state index is 11.9. The molecule has 2 heterocycles. The first-order chi connectivity index (χ1) is 14.8. The van der Waals surface area contributed by atoms with Crippen molar-refractivity contribution < 1.29 is 33.3 Å². The van der Waals surface area contributed by atoms with Gasteiger partial charge in [-0.1, -0.05) is 18.2 Å². The Balaban J connectivity index is 2.08. The zero-order valence-corrected chi connectivity index (χ0v) is 17.6. The summed E-state index contributed by atoms with van der Waals surface area (Å²) >= 11 is 0. The molecule has 1 aliphatic heterocycles. The fourth-order valence-corrected chi connectivity index (χ4v) is 3.49. The van der Waals surface area contributed by atoms with E-state index in [0.29, 0.717) is 23.5 Å². The molecule has 4 atom stereocenters. The molecule has 0 spiro atoms. The molecule has 0 aliphatic carbocycles. The quantitative estimate of drug-likeness (QED) is 0.380. The van der Waals surface area contributed by atoms with Crippen molar-refractivity contribution in [3.05, 3.63) is 36.9 Å². The number of aromatic nitrogens is 2. The number of rotatable bonds is 8. The fraction of sp³-hybridized carbons (Fsp3) is 0.429. The van der Waals surface area contributed by atoms with E-state index in [1.54, 1.807) is 10.6 Å². The van der Waals surface area contributed by atoms with E-state index < -0.39 is 42.4 Å². The molecule has 10 nitrogen and oxygen atoms in total. The van der Waals surface area contributed by atoms with Gasteiger partial charge in [0.25, 0.3) is 0 Å². The van der Waals surface area contributed by atoms with Gasteiger partial charge < -0.3 is 24.3 Å². The first kappa shape index (κ1) is 22.3. The maximum absolute atomic E-state index is 11.9. The third-order valence-electron chi connectivity index (χ3n) is 4.60. The van der Waals surface area contributed by atoms with Crippen LogP contribution in [0.2, 0.25) is 0 Å². The third-order valence-corrected chi connectivity index (χ3v) is 4.60. The lowest BCUT2D eigenvalue weighted by molar-refractivity contribution is -0.166. The van der Waals surface area contributed by atoms with Crippen molar-refractivity contribution in [2.24, 2.45) is 0 Å². The molecule has 1 aliphatic rings. The molecular weight excluding hydrogens is 406 g/mol. The standard InChI is InChI=1S/C21H25N3O7/c1-5-10-22-21-23-15-8-6-7-9-16(15)24(21)20-19(30-14(4)27)18(29-13(3)26)17(31-20)11-28-12(2)25/h5-9,17-20H,1,10-11H2,2-4H3,(H,22,23)/t17-,18-,19-,20-/m0/s1. The van der Waals surface area contributed by atoms with Gasteiger partial charge in [0.2, 0.25) is 5.95 Å². The maximum Gasteiger partial charge on any atom is 0.303 e. The lowest BCUT2D eigenvalue weighted by atomic mass is 10.1. The van der Waals surface area contributed by atoms with Crippen LogP contribution in [0, 0.1) is 0 Å². The number of hydrogen-bond acceptors (Lipinski definition) is 9. The van der Waals surface area contributed by atoms with Crippen molar-refractivity contribution in [3.8, 4) is 0 Å². The Morgan fingerprint density at radius 2 is 1.81 bits per heavy atom. The van der Waals surface area contributed by atoms with Crippen LogP contribution >= 0.6 is 0 Å². The number of anilines is 1. The van der Waals surface area contributed by atoms with E-state index in [1.807, 2.05) is 24.3 Å². The van der Waals surface area contributed by atoms with Crippen molar-refractivity contribution in [1.29, 1.82) is 0 Å². The second-order valence-corrected chi connectivity index (χ2v) is 6.98. The number of ether oxygens (including phenoxy) is 4. The summed E-state index contributed by atoms with van der Waals surface area (Å²) in [5.41, 5.74) is 1.40. The van der Waals surface area contributed by atoms with E-state index in [1.165, 1.54) is 20.8 Å². The molecule has 0 bridgehead atoms. The van der Waals surface area contributed by atoms with Crippen LogP contribution in [0.1, 0.15) is 27.0 Å². The summed E-state index contributed by atoms with van der Waals surface area (Å²) < 4.78 is 23.9. The third kappa shape index (κ3) is 5.02. The molecule has 0 unspecified atom stereocenters. The van der Waals surface area contributed by atoms with Gasteiger partial charge in [0.05, 0.1) is 11.0 Å². The van der Waals surface area contributed by atoms with Gasteiger partial charge >= 0.3 is 17.9 Å². The highest BCUT2D eigenvalue weighted by Gasteiger charge is 2.51. The number of hydrogen-bond donors (Lipinski definition) is 1. The molecule has 166 valence electrons. The fourth-order valence-electron chi connectivity index (χ4n) is 3.49. The molecule has 1 saturated heterocycles. The summed E-state index contributed by atoms with van der Waals surface area (Å²) in [7, 11) is 0. The number of carbonyl (C=O) groups excluding carboxylic acids is 3. The number of esters is 3. The number of imidazole rings is 1. The molecule has 1 aromatic heterocycles. The number of nitrogens with zero attached hydrogens (tertiary/aromatic N) is 2. The second kappa shape index (κ2) is 9.61. The molecular formula is C21H25N3O7. The zero-order chi connectivity index (χ0) is 22.5. The van der Waals surface area contributed by atoms with E-state index in [2.05, 4.69) is 16.9 Å². The van der Waals surface area contributed by atoms with E-state index in [4.69, 9.17) is 18.9 Å². The smallest absolute Gasteiger partial charge is 0.303 e. The van der Waals surface area contributed by atoms with Crippen LogP contribution in [0.4, 0.5) is 5.95 Å². The van der Waals surface area contributed by atoms with E-state index in [0.717, 1.165) is 0 Å². The van der Waals surface area contributed by atoms with E-state index >= 15 is 0 Å². The van der Waals surface area contributed by atoms with Gasteiger partial charge in [-0.3, -0.25) is 19.0 Å². The molecule has 1 fully saturated rings. The van der Waals surface area contributed by atoms with Crippen LogP contribution in [0.25, 0.3) is 11.0 Å². The van der Waals surface area contributed by atoms with Gasteiger partial charge in [0.15, 0.2) is 18.4 Å². The highest BCUT2D eigenvalue weighted by Crippen LogP contribution is 2.38. The Morgan fingerprint density at radius 1 is 1.13 bits per heavy atom. The summed E-state index contributed by atoms with van der Waals surface area (Å²) in [5, 5.41) is 3.14. The molecule has 2 aromatic rings. The predicted octanol–water partition coefficient (Wildman–Crippen LogP) is 1.96. The molecule has 3 rings (SSSR count). The average Bonchev–Trinajstić information content (AvgIpc) is 3.22. The molecule has 10 heteroatoms. The average molecular weight is 431 g/mol.